The normalized spacial score (nSPS) is 27.1. The SMILES string of the molecule is CCCCN1N=NC2(C)CC=C(C(F)(F)F)C=C12. The van der Waals surface area contributed by atoms with E-state index in [0.29, 0.717) is 12.2 Å². The highest BCUT2D eigenvalue weighted by atomic mass is 19.4. The average Bonchev–Trinajstić information content (AvgIpc) is 2.61. The van der Waals surface area contributed by atoms with Gasteiger partial charge in [-0.05, 0) is 25.8 Å². The molecule has 1 aliphatic carbocycles. The largest absolute Gasteiger partial charge is 0.416 e. The van der Waals surface area contributed by atoms with Gasteiger partial charge in [0.05, 0.1) is 11.3 Å². The molecule has 1 atom stereocenters. The molecule has 0 aromatic heterocycles. The summed E-state index contributed by atoms with van der Waals surface area (Å²) in [5.41, 5.74) is -0.655. The molecular weight excluding hydrogens is 243 g/mol. The van der Waals surface area contributed by atoms with Crippen molar-refractivity contribution in [2.24, 2.45) is 10.3 Å². The van der Waals surface area contributed by atoms with Crippen molar-refractivity contribution in [3.8, 4) is 0 Å². The van der Waals surface area contributed by atoms with Gasteiger partial charge in [0.1, 0.15) is 5.54 Å². The average molecular weight is 259 g/mol. The summed E-state index contributed by atoms with van der Waals surface area (Å²) in [5.74, 6) is 0. The lowest BCUT2D eigenvalue weighted by Crippen LogP contribution is -2.32. The number of hydrogen-bond donors (Lipinski definition) is 0. The molecule has 0 radical (unpaired) electrons. The predicted molar refractivity (Wildman–Crippen MR) is 61.7 cm³/mol. The molecule has 0 saturated carbocycles. The maximum absolute atomic E-state index is 12.7. The zero-order valence-corrected chi connectivity index (χ0v) is 10.5. The van der Waals surface area contributed by atoms with Crippen molar-refractivity contribution < 1.29 is 13.2 Å². The highest BCUT2D eigenvalue weighted by Gasteiger charge is 2.43. The molecule has 0 aromatic carbocycles. The molecule has 0 saturated heterocycles. The smallest absolute Gasteiger partial charge is 0.249 e. The first-order chi connectivity index (χ1) is 8.37. The Morgan fingerprint density at radius 3 is 2.78 bits per heavy atom. The van der Waals surface area contributed by atoms with Gasteiger partial charge in [0.25, 0.3) is 0 Å². The standard InChI is InChI=1S/C12H16F3N3/c1-3-4-7-18-10-8-9(12(13,14)15)5-6-11(10,2)16-17-18/h5,8H,3-4,6-7H2,1-2H3. The van der Waals surface area contributed by atoms with Gasteiger partial charge >= 0.3 is 6.18 Å². The minimum Gasteiger partial charge on any atom is -0.249 e. The number of fused-ring (bicyclic) bond motifs is 1. The topological polar surface area (TPSA) is 28.0 Å². The molecule has 6 heteroatoms. The predicted octanol–water partition coefficient (Wildman–Crippen LogP) is 4.00. The summed E-state index contributed by atoms with van der Waals surface area (Å²) >= 11 is 0. The monoisotopic (exact) mass is 259 g/mol. The Morgan fingerprint density at radius 1 is 1.44 bits per heavy atom. The van der Waals surface area contributed by atoms with E-state index in [1.165, 1.54) is 12.2 Å². The fourth-order valence-electron chi connectivity index (χ4n) is 2.09. The van der Waals surface area contributed by atoms with Gasteiger partial charge in [0.2, 0.25) is 0 Å². The van der Waals surface area contributed by atoms with Gasteiger partial charge in [0.15, 0.2) is 0 Å². The van der Waals surface area contributed by atoms with E-state index in [9.17, 15) is 13.2 Å². The minimum absolute atomic E-state index is 0.250. The van der Waals surface area contributed by atoms with E-state index in [0.717, 1.165) is 12.8 Å². The lowest BCUT2D eigenvalue weighted by atomic mass is 9.87. The first-order valence-electron chi connectivity index (χ1n) is 6.07. The molecule has 1 unspecified atom stereocenters. The van der Waals surface area contributed by atoms with Crippen LogP contribution in [0.4, 0.5) is 13.2 Å². The second-order valence-electron chi connectivity index (χ2n) is 4.83. The van der Waals surface area contributed by atoms with E-state index >= 15 is 0 Å². The molecule has 0 fully saturated rings. The summed E-state index contributed by atoms with van der Waals surface area (Å²) < 4.78 is 38.1. The van der Waals surface area contributed by atoms with Crippen LogP contribution in [-0.2, 0) is 0 Å². The molecule has 3 nitrogen and oxygen atoms in total. The van der Waals surface area contributed by atoms with Crippen molar-refractivity contribution in [1.82, 2.24) is 5.01 Å². The van der Waals surface area contributed by atoms with Gasteiger partial charge < -0.3 is 0 Å². The molecule has 0 bridgehead atoms. The van der Waals surface area contributed by atoms with E-state index < -0.39 is 17.3 Å². The zero-order chi connectivity index (χ0) is 13.4. The molecule has 1 aliphatic heterocycles. The number of hydrogen-bond acceptors (Lipinski definition) is 3. The van der Waals surface area contributed by atoms with Crippen LogP contribution in [0.1, 0.15) is 33.1 Å². The molecule has 0 spiro atoms. The van der Waals surface area contributed by atoms with Crippen molar-refractivity contribution in [2.45, 2.75) is 44.8 Å². The van der Waals surface area contributed by atoms with Gasteiger partial charge in [-0.15, -0.1) is 0 Å². The second-order valence-corrected chi connectivity index (χ2v) is 4.83. The lowest BCUT2D eigenvalue weighted by molar-refractivity contribution is -0.0889. The molecule has 2 aliphatic rings. The number of rotatable bonds is 3. The Labute approximate surface area is 104 Å². The van der Waals surface area contributed by atoms with Crippen molar-refractivity contribution in [2.75, 3.05) is 6.54 Å². The summed E-state index contributed by atoms with van der Waals surface area (Å²) in [6.45, 7) is 4.47. The van der Waals surface area contributed by atoms with Crippen molar-refractivity contribution in [1.29, 1.82) is 0 Å². The Hall–Kier alpha value is -1.33. The van der Waals surface area contributed by atoms with E-state index in [-0.39, 0.29) is 6.42 Å². The van der Waals surface area contributed by atoms with Crippen LogP contribution in [-0.4, -0.2) is 23.3 Å². The van der Waals surface area contributed by atoms with E-state index in [1.54, 1.807) is 5.01 Å². The maximum Gasteiger partial charge on any atom is 0.416 e. The maximum atomic E-state index is 12.7. The second kappa shape index (κ2) is 4.40. The molecule has 100 valence electrons. The van der Waals surface area contributed by atoms with Crippen LogP contribution >= 0.6 is 0 Å². The van der Waals surface area contributed by atoms with Gasteiger partial charge in [-0.2, -0.15) is 18.3 Å². The van der Waals surface area contributed by atoms with Crippen LogP contribution in [0.3, 0.4) is 0 Å². The highest BCUT2D eigenvalue weighted by Crippen LogP contribution is 2.42. The molecule has 18 heavy (non-hydrogen) atoms. The molecular formula is C12H16F3N3. The highest BCUT2D eigenvalue weighted by molar-refractivity contribution is 5.38. The fourth-order valence-corrected chi connectivity index (χ4v) is 2.09. The van der Waals surface area contributed by atoms with Crippen LogP contribution < -0.4 is 0 Å². The summed E-state index contributed by atoms with van der Waals surface area (Å²) in [4.78, 5) is 0. The van der Waals surface area contributed by atoms with Crippen molar-refractivity contribution in [3.63, 3.8) is 0 Å². The molecule has 0 aromatic rings. The molecule has 0 amide bonds. The van der Waals surface area contributed by atoms with Crippen LogP contribution in [0.5, 0.6) is 0 Å². The number of halogens is 3. The Kier molecular flexibility index (Phi) is 3.21. The van der Waals surface area contributed by atoms with Gasteiger partial charge in [0, 0.05) is 6.54 Å². The van der Waals surface area contributed by atoms with Crippen LogP contribution in [0.2, 0.25) is 0 Å². The third-order valence-electron chi connectivity index (χ3n) is 3.27. The molecule has 0 N–H and O–H groups in total. The molecule has 2 rings (SSSR count). The van der Waals surface area contributed by atoms with Crippen LogP contribution in [0, 0.1) is 0 Å². The summed E-state index contributed by atoms with van der Waals surface area (Å²) in [6, 6.07) is 0. The minimum atomic E-state index is -4.30. The van der Waals surface area contributed by atoms with E-state index in [2.05, 4.69) is 10.3 Å². The van der Waals surface area contributed by atoms with Crippen LogP contribution in [0.15, 0.2) is 33.8 Å². The third-order valence-corrected chi connectivity index (χ3v) is 3.27. The first kappa shape index (κ1) is 13.1. The van der Waals surface area contributed by atoms with E-state index in [4.69, 9.17) is 0 Å². The number of alkyl halides is 3. The van der Waals surface area contributed by atoms with E-state index in [1.807, 2.05) is 13.8 Å². The summed E-state index contributed by atoms with van der Waals surface area (Å²) in [7, 11) is 0. The fraction of sp³-hybridized carbons (Fsp3) is 0.667. The van der Waals surface area contributed by atoms with Crippen LogP contribution in [0.25, 0.3) is 0 Å². The zero-order valence-electron chi connectivity index (χ0n) is 10.5. The van der Waals surface area contributed by atoms with Gasteiger partial charge in [-0.25, -0.2) is 5.01 Å². The number of nitrogens with zero attached hydrogens (tertiary/aromatic N) is 3. The van der Waals surface area contributed by atoms with Crippen molar-refractivity contribution in [3.05, 3.63) is 23.4 Å². The Morgan fingerprint density at radius 2 is 2.17 bits per heavy atom. The Bertz CT molecular complexity index is 423. The third kappa shape index (κ3) is 2.28. The van der Waals surface area contributed by atoms with Gasteiger partial charge in [-0.3, -0.25) is 0 Å². The Balaban J connectivity index is 2.24. The first-order valence-corrected chi connectivity index (χ1v) is 6.07. The van der Waals surface area contributed by atoms with Crippen molar-refractivity contribution >= 4 is 0 Å². The molecule has 1 heterocycles. The summed E-state index contributed by atoms with van der Waals surface area (Å²) in [6.07, 6.45) is 0.188. The number of allylic oxidation sites excluding steroid dienone is 2. The lowest BCUT2D eigenvalue weighted by Gasteiger charge is -2.28. The van der Waals surface area contributed by atoms with Gasteiger partial charge in [-0.1, -0.05) is 24.6 Å². The summed E-state index contributed by atoms with van der Waals surface area (Å²) in [5, 5.41) is 9.71. The quantitative estimate of drug-likeness (QED) is 0.752. The number of unbranched alkanes of at least 4 members (excludes halogenated alkanes) is 1.